The number of hydrogen-bond donors (Lipinski definition) is 0. The first-order valence-electron chi connectivity index (χ1n) is 3.38. The van der Waals surface area contributed by atoms with Crippen molar-refractivity contribution < 1.29 is 8.42 Å². The third-order valence-corrected chi connectivity index (χ3v) is 3.10. The Bertz CT molecular complexity index is 519. The Morgan fingerprint density at radius 1 is 1.57 bits per heavy atom. The van der Waals surface area contributed by atoms with Gasteiger partial charge in [0.05, 0.1) is 16.3 Å². The molecule has 0 spiro atoms. The Labute approximate surface area is 90.5 Å². The molecule has 1 rings (SSSR count). The molecule has 0 aliphatic carbocycles. The average Bonchev–Trinajstić information content (AvgIpc) is 2.06. The summed E-state index contributed by atoms with van der Waals surface area (Å²) in [5, 5.41) is 8.04. The fourth-order valence-electron chi connectivity index (χ4n) is 0.843. The lowest BCUT2D eigenvalue weighted by Gasteiger charge is -2.01. The van der Waals surface area contributed by atoms with Crippen molar-refractivity contribution in [2.24, 2.45) is 0 Å². The average molecular weight is 251 g/mol. The molecule has 1 aromatic heterocycles. The summed E-state index contributed by atoms with van der Waals surface area (Å²) in [7, 11) is 1.11. The van der Waals surface area contributed by atoms with Crippen molar-refractivity contribution >= 4 is 31.3 Å². The number of pyridine rings is 1. The standard InChI is InChI=1S/C7H4Cl2N2O2S/c1-4-5(3-10)2-6(8)7(11-4)14(9,12)13/h2H,1H3. The molecular weight excluding hydrogens is 247 g/mol. The van der Waals surface area contributed by atoms with Gasteiger partial charge in [-0.3, -0.25) is 0 Å². The van der Waals surface area contributed by atoms with Crippen LogP contribution >= 0.6 is 22.3 Å². The topological polar surface area (TPSA) is 70.8 Å². The molecule has 0 aliphatic heterocycles. The first kappa shape index (κ1) is 11.2. The van der Waals surface area contributed by atoms with Crippen LogP contribution in [0.3, 0.4) is 0 Å². The van der Waals surface area contributed by atoms with Crippen molar-refractivity contribution in [2.75, 3.05) is 0 Å². The molecule has 0 saturated heterocycles. The van der Waals surface area contributed by atoms with Crippen molar-refractivity contribution in [1.29, 1.82) is 5.26 Å². The van der Waals surface area contributed by atoms with Crippen LogP contribution in [0.4, 0.5) is 0 Å². The third-order valence-electron chi connectivity index (χ3n) is 1.49. The highest BCUT2D eigenvalue weighted by molar-refractivity contribution is 8.13. The predicted octanol–water partition coefficient (Wildman–Crippen LogP) is 1.84. The zero-order valence-corrected chi connectivity index (χ0v) is 9.28. The first-order chi connectivity index (χ1) is 6.36. The zero-order chi connectivity index (χ0) is 10.9. The molecule has 0 amide bonds. The smallest absolute Gasteiger partial charge is 0.238 e. The Morgan fingerprint density at radius 3 is 2.57 bits per heavy atom. The van der Waals surface area contributed by atoms with E-state index in [-0.39, 0.29) is 16.3 Å². The van der Waals surface area contributed by atoms with Crippen molar-refractivity contribution in [1.82, 2.24) is 4.98 Å². The van der Waals surface area contributed by atoms with Gasteiger partial charge >= 0.3 is 0 Å². The second-order valence-electron chi connectivity index (χ2n) is 2.46. The predicted molar refractivity (Wildman–Crippen MR) is 51.7 cm³/mol. The highest BCUT2D eigenvalue weighted by Crippen LogP contribution is 2.24. The summed E-state index contributed by atoms with van der Waals surface area (Å²) in [4.78, 5) is 3.64. The monoisotopic (exact) mass is 250 g/mol. The SMILES string of the molecule is Cc1nc(S(=O)(=O)Cl)c(Cl)cc1C#N. The minimum absolute atomic E-state index is 0.151. The number of hydrogen-bond acceptors (Lipinski definition) is 4. The van der Waals surface area contributed by atoms with Crippen LogP contribution < -0.4 is 0 Å². The maximum atomic E-state index is 10.9. The van der Waals surface area contributed by atoms with Gasteiger partial charge in [-0.1, -0.05) is 11.6 Å². The summed E-state index contributed by atoms with van der Waals surface area (Å²) in [5.41, 5.74) is 0.496. The molecule has 1 aromatic rings. The molecule has 14 heavy (non-hydrogen) atoms. The molecule has 4 nitrogen and oxygen atoms in total. The van der Waals surface area contributed by atoms with Crippen LogP contribution in [0.15, 0.2) is 11.1 Å². The van der Waals surface area contributed by atoms with Crippen LogP contribution in [0.25, 0.3) is 0 Å². The summed E-state index contributed by atoms with van der Waals surface area (Å²) in [6.45, 7) is 1.50. The molecule has 0 unspecified atom stereocenters. The van der Waals surface area contributed by atoms with Crippen molar-refractivity contribution in [3.8, 4) is 6.07 Å². The Morgan fingerprint density at radius 2 is 2.14 bits per heavy atom. The number of aryl methyl sites for hydroxylation is 1. The van der Waals surface area contributed by atoms with Crippen LogP contribution in [-0.4, -0.2) is 13.4 Å². The van der Waals surface area contributed by atoms with Crippen molar-refractivity contribution in [2.45, 2.75) is 11.9 Å². The fourth-order valence-corrected chi connectivity index (χ4v) is 2.31. The lowest BCUT2D eigenvalue weighted by Crippen LogP contribution is -2.00. The van der Waals surface area contributed by atoms with Gasteiger partial charge in [-0.15, -0.1) is 0 Å². The summed E-state index contributed by atoms with van der Waals surface area (Å²) in [5.74, 6) is 0. The summed E-state index contributed by atoms with van der Waals surface area (Å²) in [6, 6.07) is 3.05. The maximum Gasteiger partial charge on any atom is 0.280 e. The van der Waals surface area contributed by atoms with Crippen molar-refractivity contribution in [3.05, 3.63) is 22.3 Å². The molecule has 0 aliphatic rings. The van der Waals surface area contributed by atoms with Crippen molar-refractivity contribution in [3.63, 3.8) is 0 Å². The van der Waals surface area contributed by atoms with E-state index in [1.165, 1.54) is 13.0 Å². The van der Waals surface area contributed by atoms with E-state index in [2.05, 4.69) is 4.98 Å². The van der Waals surface area contributed by atoms with Gasteiger partial charge in [0, 0.05) is 10.7 Å². The van der Waals surface area contributed by atoms with Gasteiger partial charge < -0.3 is 0 Å². The lowest BCUT2D eigenvalue weighted by atomic mass is 10.2. The van der Waals surface area contributed by atoms with E-state index in [1.54, 1.807) is 0 Å². The molecule has 0 bridgehead atoms. The number of nitrogens with zero attached hydrogens (tertiary/aromatic N) is 2. The molecule has 7 heteroatoms. The van der Waals surface area contributed by atoms with Crippen LogP contribution in [-0.2, 0) is 9.05 Å². The largest absolute Gasteiger partial charge is 0.280 e. The second kappa shape index (κ2) is 3.73. The van der Waals surface area contributed by atoms with Crippen LogP contribution in [0.2, 0.25) is 5.02 Å². The Hall–Kier alpha value is -0.830. The summed E-state index contributed by atoms with van der Waals surface area (Å²) in [6.07, 6.45) is 0. The van der Waals surface area contributed by atoms with Gasteiger partial charge in [0.15, 0.2) is 5.03 Å². The van der Waals surface area contributed by atoms with Gasteiger partial charge in [0.1, 0.15) is 6.07 Å². The van der Waals surface area contributed by atoms with Gasteiger partial charge in [-0.05, 0) is 13.0 Å². The van der Waals surface area contributed by atoms with Crippen LogP contribution in [0.1, 0.15) is 11.3 Å². The van der Waals surface area contributed by atoms with E-state index in [0.29, 0.717) is 0 Å². The maximum absolute atomic E-state index is 10.9. The Balaban J connectivity index is 3.54. The van der Waals surface area contributed by atoms with E-state index in [4.69, 9.17) is 27.5 Å². The normalized spacial score (nSPS) is 11.0. The second-order valence-corrected chi connectivity index (χ2v) is 5.35. The van der Waals surface area contributed by atoms with Gasteiger partial charge in [-0.2, -0.15) is 5.26 Å². The number of halogens is 2. The third kappa shape index (κ3) is 2.15. The summed E-state index contributed by atoms with van der Waals surface area (Å²) < 4.78 is 21.9. The Kier molecular flexibility index (Phi) is 3.00. The quantitative estimate of drug-likeness (QED) is 0.714. The molecule has 1 heterocycles. The van der Waals surface area contributed by atoms with E-state index >= 15 is 0 Å². The molecule has 0 fully saturated rings. The number of aromatic nitrogens is 1. The van der Waals surface area contributed by atoms with Gasteiger partial charge in [0.25, 0.3) is 9.05 Å². The van der Waals surface area contributed by atoms with E-state index in [9.17, 15) is 8.42 Å². The molecule has 0 aromatic carbocycles. The highest BCUT2D eigenvalue weighted by Gasteiger charge is 2.18. The lowest BCUT2D eigenvalue weighted by molar-refractivity contribution is 0.606. The zero-order valence-electron chi connectivity index (χ0n) is 6.95. The molecule has 0 atom stereocenters. The molecule has 74 valence electrons. The molecule has 0 N–H and O–H groups in total. The minimum Gasteiger partial charge on any atom is -0.238 e. The molecular formula is C7H4Cl2N2O2S. The van der Waals surface area contributed by atoms with E-state index in [0.717, 1.165) is 0 Å². The van der Waals surface area contributed by atoms with E-state index < -0.39 is 14.1 Å². The fraction of sp³-hybridized carbons (Fsp3) is 0.143. The van der Waals surface area contributed by atoms with Gasteiger partial charge in [0.2, 0.25) is 0 Å². The number of rotatable bonds is 1. The van der Waals surface area contributed by atoms with Gasteiger partial charge in [-0.25, -0.2) is 13.4 Å². The number of nitriles is 1. The van der Waals surface area contributed by atoms with Crippen LogP contribution in [0.5, 0.6) is 0 Å². The molecule has 0 saturated carbocycles. The highest BCUT2D eigenvalue weighted by atomic mass is 35.7. The minimum atomic E-state index is -3.96. The molecule has 0 radical (unpaired) electrons. The van der Waals surface area contributed by atoms with Crippen LogP contribution in [0, 0.1) is 18.3 Å². The van der Waals surface area contributed by atoms with E-state index in [1.807, 2.05) is 6.07 Å². The first-order valence-corrected chi connectivity index (χ1v) is 6.07. The summed E-state index contributed by atoms with van der Waals surface area (Å²) >= 11 is 5.59.